The quantitative estimate of drug-likeness (QED) is 0.660. The molecule has 4 nitrogen and oxygen atoms in total. The van der Waals surface area contributed by atoms with E-state index < -0.39 is 5.97 Å². The molecule has 0 amide bonds. The van der Waals surface area contributed by atoms with Crippen molar-refractivity contribution >= 4 is 17.3 Å². The van der Waals surface area contributed by atoms with Gasteiger partial charge in [-0.2, -0.15) is 0 Å². The summed E-state index contributed by atoms with van der Waals surface area (Å²) < 4.78 is 0. The van der Waals surface area contributed by atoms with Gasteiger partial charge >= 0.3 is 5.97 Å². The van der Waals surface area contributed by atoms with Gasteiger partial charge in [0.1, 0.15) is 5.01 Å². The topological polar surface area (TPSA) is 53.4 Å². The molecular formula is C24H24N2O2S. The molecule has 1 aliphatic carbocycles. The highest BCUT2D eigenvalue weighted by Crippen LogP contribution is 2.41. The van der Waals surface area contributed by atoms with Crippen LogP contribution in [-0.4, -0.2) is 34.0 Å². The number of aromatic nitrogens is 1. The van der Waals surface area contributed by atoms with Crippen LogP contribution in [0, 0.1) is 18.8 Å². The van der Waals surface area contributed by atoms with Crippen molar-refractivity contribution in [3.05, 3.63) is 64.7 Å². The largest absolute Gasteiger partial charge is 0.481 e. The predicted molar refractivity (Wildman–Crippen MR) is 116 cm³/mol. The van der Waals surface area contributed by atoms with Crippen molar-refractivity contribution in [1.29, 1.82) is 0 Å². The first-order chi connectivity index (χ1) is 14.1. The Morgan fingerprint density at radius 1 is 1.17 bits per heavy atom. The molecule has 2 aromatic carbocycles. The maximum Gasteiger partial charge on any atom is 0.306 e. The SMILES string of the molecule is Cc1c(-c2ccccc2)cccc1-c1nc2c(s1)CN(C[C@@H]1C[C@H]1C(=O)O)CC2. The van der Waals surface area contributed by atoms with Gasteiger partial charge in [-0.05, 0) is 36.0 Å². The van der Waals surface area contributed by atoms with Crippen LogP contribution in [0.4, 0.5) is 0 Å². The summed E-state index contributed by atoms with van der Waals surface area (Å²) in [7, 11) is 0. The molecule has 2 aliphatic rings. The summed E-state index contributed by atoms with van der Waals surface area (Å²) in [5.74, 6) is -0.440. The van der Waals surface area contributed by atoms with E-state index in [9.17, 15) is 4.79 Å². The first-order valence-electron chi connectivity index (χ1n) is 10.2. The third-order valence-corrected chi connectivity index (χ3v) is 7.31. The molecule has 148 valence electrons. The number of nitrogens with zero attached hydrogens (tertiary/aromatic N) is 2. The van der Waals surface area contributed by atoms with E-state index in [0.717, 1.165) is 37.5 Å². The van der Waals surface area contributed by atoms with E-state index in [1.54, 1.807) is 11.3 Å². The van der Waals surface area contributed by atoms with Crippen molar-refractivity contribution in [3.8, 4) is 21.7 Å². The molecular weight excluding hydrogens is 380 g/mol. The molecule has 5 rings (SSSR count). The number of carboxylic acid groups (broad SMARTS) is 1. The number of thiazole rings is 1. The van der Waals surface area contributed by atoms with Crippen LogP contribution in [0.3, 0.4) is 0 Å². The monoisotopic (exact) mass is 404 g/mol. The van der Waals surface area contributed by atoms with Crippen LogP contribution in [0.25, 0.3) is 21.7 Å². The molecule has 1 fully saturated rings. The van der Waals surface area contributed by atoms with E-state index >= 15 is 0 Å². The van der Waals surface area contributed by atoms with E-state index in [2.05, 4.69) is 54.3 Å². The van der Waals surface area contributed by atoms with Gasteiger partial charge in [-0.15, -0.1) is 11.3 Å². The Kier molecular flexibility index (Phi) is 4.72. The van der Waals surface area contributed by atoms with E-state index in [1.807, 2.05) is 6.07 Å². The number of carbonyl (C=O) groups is 1. The zero-order chi connectivity index (χ0) is 20.0. The Bertz CT molecular complexity index is 1060. The van der Waals surface area contributed by atoms with Gasteiger partial charge in [-0.1, -0.05) is 48.5 Å². The molecule has 0 unspecified atom stereocenters. The third-order valence-electron chi connectivity index (χ3n) is 6.19. The maximum absolute atomic E-state index is 11.1. The third kappa shape index (κ3) is 3.61. The van der Waals surface area contributed by atoms with Gasteiger partial charge in [0.25, 0.3) is 0 Å². The summed E-state index contributed by atoms with van der Waals surface area (Å²) in [6.07, 6.45) is 1.78. The van der Waals surface area contributed by atoms with E-state index in [4.69, 9.17) is 10.1 Å². The van der Waals surface area contributed by atoms with E-state index in [1.165, 1.54) is 32.8 Å². The van der Waals surface area contributed by atoms with E-state index in [-0.39, 0.29) is 5.92 Å². The Labute approximate surface area is 174 Å². The number of carboxylic acids is 1. The number of aliphatic carboxylic acids is 1. The van der Waals surface area contributed by atoms with Crippen LogP contribution in [0.15, 0.2) is 48.5 Å². The van der Waals surface area contributed by atoms with Gasteiger partial charge in [0, 0.05) is 36.5 Å². The Morgan fingerprint density at radius 2 is 1.97 bits per heavy atom. The van der Waals surface area contributed by atoms with E-state index in [0.29, 0.717) is 5.92 Å². The highest BCUT2D eigenvalue weighted by molar-refractivity contribution is 7.15. The first-order valence-corrected chi connectivity index (χ1v) is 11.0. The maximum atomic E-state index is 11.1. The van der Waals surface area contributed by atoms with Crippen molar-refractivity contribution in [2.75, 3.05) is 13.1 Å². The first kappa shape index (κ1) is 18.5. The van der Waals surface area contributed by atoms with Crippen LogP contribution in [0.2, 0.25) is 0 Å². The number of rotatable bonds is 5. The summed E-state index contributed by atoms with van der Waals surface area (Å²) in [4.78, 5) is 19.8. The molecule has 2 heterocycles. The molecule has 1 aromatic heterocycles. The second kappa shape index (κ2) is 7.39. The molecule has 0 saturated heterocycles. The van der Waals surface area contributed by atoms with Gasteiger partial charge in [0.05, 0.1) is 11.6 Å². The summed E-state index contributed by atoms with van der Waals surface area (Å²) in [6.45, 7) is 4.95. The normalized spacial score (nSPS) is 21.0. The van der Waals surface area contributed by atoms with Gasteiger partial charge in [-0.25, -0.2) is 4.98 Å². The molecule has 5 heteroatoms. The van der Waals surface area contributed by atoms with Gasteiger partial charge in [0.15, 0.2) is 0 Å². The van der Waals surface area contributed by atoms with Crippen LogP contribution in [0.1, 0.15) is 22.6 Å². The van der Waals surface area contributed by atoms with Gasteiger partial charge in [0.2, 0.25) is 0 Å². The number of hydrogen-bond acceptors (Lipinski definition) is 4. The standard InChI is InChI=1S/C24H24N2O2S/c1-15-18(16-6-3-2-4-7-16)8-5-9-19(15)23-25-21-10-11-26(14-22(21)29-23)13-17-12-20(17)24(27)28/h2-9,17,20H,10-14H2,1H3,(H,27,28)/t17-,20+/m0/s1. The second-order valence-electron chi connectivity index (χ2n) is 8.16. The molecule has 1 saturated carbocycles. The van der Waals surface area contributed by atoms with Crippen molar-refractivity contribution in [2.24, 2.45) is 11.8 Å². The van der Waals surface area contributed by atoms with Crippen LogP contribution in [0.5, 0.6) is 0 Å². The average molecular weight is 405 g/mol. The molecule has 0 bridgehead atoms. The minimum Gasteiger partial charge on any atom is -0.481 e. The van der Waals surface area contributed by atoms with Gasteiger partial charge < -0.3 is 5.11 Å². The number of benzene rings is 2. The van der Waals surface area contributed by atoms with Crippen molar-refractivity contribution in [3.63, 3.8) is 0 Å². The Balaban J connectivity index is 1.38. The fourth-order valence-corrected chi connectivity index (χ4v) is 5.63. The summed E-state index contributed by atoms with van der Waals surface area (Å²) in [6, 6.07) is 17.0. The Morgan fingerprint density at radius 3 is 2.72 bits per heavy atom. The smallest absolute Gasteiger partial charge is 0.306 e. The van der Waals surface area contributed by atoms with Crippen LogP contribution >= 0.6 is 11.3 Å². The van der Waals surface area contributed by atoms with Crippen molar-refractivity contribution < 1.29 is 9.90 Å². The van der Waals surface area contributed by atoms with Gasteiger partial charge in [-0.3, -0.25) is 9.69 Å². The predicted octanol–water partition coefficient (Wildman–Crippen LogP) is 4.86. The van der Waals surface area contributed by atoms with Crippen molar-refractivity contribution in [2.45, 2.75) is 26.3 Å². The Hall–Kier alpha value is -2.50. The minimum atomic E-state index is -0.637. The average Bonchev–Trinajstić information content (AvgIpc) is 3.37. The lowest BCUT2D eigenvalue weighted by molar-refractivity contribution is -0.138. The summed E-state index contributed by atoms with van der Waals surface area (Å²) >= 11 is 1.80. The summed E-state index contributed by atoms with van der Waals surface area (Å²) in [5, 5.41) is 10.2. The minimum absolute atomic E-state index is 0.128. The molecule has 2 atom stereocenters. The fourth-order valence-electron chi connectivity index (χ4n) is 4.40. The zero-order valence-corrected chi connectivity index (χ0v) is 17.3. The molecule has 3 aromatic rings. The summed E-state index contributed by atoms with van der Waals surface area (Å²) in [5.41, 5.74) is 6.19. The number of fused-ring (bicyclic) bond motifs is 1. The highest BCUT2D eigenvalue weighted by Gasteiger charge is 2.44. The number of hydrogen-bond donors (Lipinski definition) is 1. The van der Waals surface area contributed by atoms with Crippen LogP contribution < -0.4 is 0 Å². The molecule has 1 aliphatic heterocycles. The molecule has 0 radical (unpaired) electrons. The lowest BCUT2D eigenvalue weighted by atomic mass is 9.97. The lowest BCUT2D eigenvalue weighted by Crippen LogP contribution is -2.32. The zero-order valence-electron chi connectivity index (χ0n) is 16.5. The second-order valence-corrected chi connectivity index (χ2v) is 9.24. The van der Waals surface area contributed by atoms with Crippen LogP contribution in [-0.2, 0) is 17.8 Å². The fraction of sp³-hybridized carbons (Fsp3) is 0.333. The molecule has 0 spiro atoms. The van der Waals surface area contributed by atoms with Crippen molar-refractivity contribution in [1.82, 2.24) is 9.88 Å². The highest BCUT2D eigenvalue weighted by atomic mass is 32.1. The lowest BCUT2D eigenvalue weighted by Gasteiger charge is -2.25. The molecule has 1 N–H and O–H groups in total. The molecule has 29 heavy (non-hydrogen) atoms.